The standard InChI is InChI=1S/C14H23N3/c1-17-8-6-14(7-9-17)16-11-13-4-2-12(10-15)3-5-13/h2-5,14,16H,6-11,15H2,1H3. The lowest BCUT2D eigenvalue weighted by atomic mass is 10.0. The first-order valence-corrected chi connectivity index (χ1v) is 6.48. The van der Waals surface area contributed by atoms with Gasteiger partial charge in [-0.15, -0.1) is 0 Å². The van der Waals surface area contributed by atoms with Gasteiger partial charge in [-0.2, -0.15) is 0 Å². The third-order valence-electron chi connectivity index (χ3n) is 3.57. The molecule has 0 amide bonds. The topological polar surface area (TPSA) is 41.3 Å². The molecular formula is C14H23N3. The monoisotopic (exact) mass is 233 g/mol. The van der Waals surface area contributed by atoms with E-state index in [1.165, 1.54) is 37.1 Å². The Labute approximate surface area is 104 Å². The van der Waals surface area contributed by atoms with Crippen LogP contribution in [-0.4, -0.2) is 31.1 Å². The van der Waals surface area contributed by atoms with Crippen molar-refractivity contribution in [2.75, 3.05) is 20.1 Å². The van der Waals surface area contributed by atoms with E-state index in [2.05, 4.69) is 41.5 Å². The molecule has 0 aromatic heterocycles. The summed E-state index contributed by atoms with van der Waals surface area (Å²) < 4.78 is 0. The van der Waals surface area contributed by atoms with Crippen LogP contribution in [0.5, 0.6) is 0 Å². The number of rotatable bonds is 4. The van der Waals surface area contributed by atoms with E-state index >= 15 is 0 Å². The van der Waals surface area contributed by atoms with E-state index in [1.807, 2.05) is 0 Å². The van der Waals surface area contributed by atoms with Gasteiger partial charge in [-0.25, -0.2) is 0 Å². The maximum absolute atomic E-state index is 5.58. The fourth-order valence-electron chi connectivity index (χ4n) is 2.27. The van der Waals surface area contributed by atoms with Gasteiger partial charge in [-0.05, 0) is 44.1 Å². The average Bonchev–Trinajstić information content (AvgIpc) is 2.39. The van der Waals surface area contributed by atoms with Crippen molar-refractivity contribution in [3.8, 4) is 0 Å². The molecule has 17 heavy (non-hydrogen) atoms. The number of hydrogen-bond donors (Lipinski definition) is 2. The average molecular weight is 233 g/mol. The van der Waals surface area contributed by atoms with Crippen molar-refractivity contribution in [2.24, 2.45) is 5.73 Å². The van der Waals surface area contributed by atoms with Crippen LogP contribution in [0.25, 0.3) is 0 Å². The van der Waals surface area contributed by atoms with Crippen LogP contribution in [0.2, 0.25) is 0 Å². The molecule has 1 heterocycles. The van der Waals surface area contributed by atoms with E-state index in [9.17, 15) is 0 Å². The van der Waals surface area contributed by atoms with E-state index in [1.54, 1.807) is 0 Å². The van der Waals surface area contributed by atoms with E-state index in [-0.39, 0.29) is 0 Å². The predicted molar refractivity (Wildman–Crippen MR) is 71.7 cm³/mol. The van der Waals surface area contributed by atoms with E-state index in [4.69, 9.17) is 5.73 Å². The van der Waals surface area contributed by atoms with Crippen LogP contribution >= 0.6 is 0 Å². The van der Waals surface area contributed by atoms with Crippen LogP contribution in [-0.2, 0) is 13.1 Å². The van der Waals surface area contributed by atoms with Gasteiger partial charge < -0.3 is 16.0 Å². The zero-order valence-corrected chi connectivity index (χ0v) is 10.7. The van der Waals surface area contributed by atoms with Gasteiger partial charge in [0.25, 0.3) is 0 Å². The summed E-state index contributed by atoms with van der Waals surface area (Å²) in [5.41, 5.74) is 8.13. The lowest BCUT2D eigenvalue weighted by Gasteiger charge is -2.29. The zero-order valence-electron chi connectivity index (χ0n) is 10.7. The molecule has 1 aliphatic heterocycles. The molecule has 3 heteroatoms. The molecule has 1 aromatic carbocycles. The molecule has 0 bridgehead atoms. The Hall–Kier alpha value is -0.900. The number of hydrogen-bond acceptors (Lipinski definition) is 3. The molecule has 3 N–H and O–H groups in total. The molecule has 94 valence electrons. The van der Waals surface area contributed by atoms with Gasteiger partial charge in [0.05, 0.1) is 0 Å². The second kappa shape index (κ2) is 6.15. The molecular weight excluding hydrogens is 210 g/mol. The largest absolute Gasteiger partial charge is 0.326 e. The fraction of sp³-hybridized carbons (Fsp3) is 0.571. The maximum atomic E-state index is 5.58. The number of nitrogens with one attached hydrogen (secondary N) is 1. The van der Waals surface area contributed by atoms with Crippen molar-refractivity contribution < 1.29 is 0 Å². The molecule has 2 rings (SSSR count). The van der Waals surface area contributed by atoms with Crippen LogP contribution < -0.4 is 11.1 Å². The predicted octanol–water partition coefficient (Wildman–Crippen LogP) is 1.33. The Kier molecular flexibility index (Phi) is 4.54. The Morgan fingerprint density at radius 2 is 1.76 bits per heavy atom. The zero-order chi connectivity index (χ0) is 12.1. The van der Waals surface area contributed by atoms with Crippen molar-refractivity contribution in [3.05, 3.63) is 35.4 Å². The quantitative estimate of drug-likeness (QED) is 0.824. The number of likely N-dealkylation sites (tertiary alicyclic amines) is 1. The molecule has 3 nitrogen and oxygen atoms in total. The van der Waals surface area contributed by atoms with Crippen LogP contribution in [0, 0.1) is 0 Å². The summed E-state index contributed by atoms with van der Waals surface area (Å²) in [7, 11) is 2.20. The summed E-state index contributed by atoms with van der Waals surface area (Å²) in [4.78, 5) is 2.40. The Morgan fingerprint density at radius 3 is 2.35 bits per heavy atom. The summed E-state index contributed by atoms with van der Waals surface area (Å²) in [5.74, 6) is 0. The van der Waals surface area contributed by atoms with Gasteiger partial charge in [0.15, 0.2) is 0 Å². The SMILES string of the molecule is CN1CCC(NCc2ccc(CN)cc2)CC1. The molecule has 1 aliphatic rings. The second-order valence-corrected chi connectivity index (χ2v) is 4.98. The summed E-state index contributed by atoms with van der Waals surface area (Å²) in [6, 6.07) is 9.26. The molecule has 0 aliphatic carbocycles. The van der Waals surface area contributed by atoms with Gasteiger partial charge in [0.1, 0.15) is 0 Å². The van der Waals surface area contributed by atoms with Crippen molar-refractivity contribution in [1.29, 1.82) is 0 Å². The minimum atomic E-state index is 0.628. The minimum absolute atomic E-state index is 0.628. The molecule has 0 radical (unpaired) electrons. The lowest BCUT2D eigenvalue weighted by molar-refractivity contribution is 0.234. The summed E-state index contributed by atoms with van der Waals surface area (Å²) in [5, 5.41) is 3.64. The second-order valence-electron chi connectivity index (χ2n) is 4.98. The number of benzene rings is 1. The van der Waals surface area contributed by atoms with Crippen molar-refractivity contribution in [3.63, 3.8) is 0 Å². The van der Waals surface area contributed by atoms with Gasteiger partial charge in [0, 0.05) is 19.1 Å². The summed E-state index contributed by atoms with van der Waals surface area (Å²) >= 11 is 0. The highest BCUT2D eigenvalue weighted by molar-refractivity contribution is 5.22. The molecule has 0 atom stereocenters. The highest BCUT2D eigenvalue weighted by Gasteiger charge is 2.15. The summed E-state index contributed by atoms with van der Waals surface area (Å²) in [6.07, 6.45) is 2.52. The van der Waals surface area contributed by atoms with E-state index < -0.39 is 0 Å². The molecule has 1 aromatic rings. The fourth-order valence-corrected chi connectivity index (χ4v) is 2.27. The van der Waals surface area contributed by atoms with Crippen LogP contribution in [0.4, 0.5) is 0 Å². The lowest BCUT2D eigenvalue weighted by Crippen LogP contribution is -2.40. The molecule has 0 unspecified atom stereocenters. The first kappa shape index (κ1) is 12.6. The normalized spacial score (nSPS) is 18.5. The van der Waals surface area contributed by atoms with Crippen LogP contribution in [0.3, 0.4) is 0 Å². The maximum Gasteiger partial charge on any atom is 0.0208 e. The van der Waals surface area contributed by atoms with Crippen molar-refractivity contribution in [2.45, 2.75) is 32.0 Å². The molecule has 0 saturated carbocycles. The number of piperidine rings is 1. The summed E-state index contributed by atoms with van der Waals surface area (Å²) in [6.45, 7) is 4.02. The minimum Gasteiger partial charge on any atom is -0.326 e. The molecule has 0 spiro atoms. The van der Waals surface area contributed by atoms with Crippen molar-refractivity contribution in [1.82, 2.24) is 10.2 Å². The van der Waals surface area contributed by atoms with Crippen molar-refractivity contribution >= 4 is 0 Å². The smallest absolute Gasteiger partial charge is 0.0208 e. The third-order valence-corrected chi connectivity index (χ3v) is 3.57. The Bertz CT molecular complexity index is 326. The van der Waals surface area contributed by atoms with Gasteiger partial charge >= 0.3 is 0 Å². The van der Waals surface area contributed by atoms with E-state index in [0.717, 1.165) is 6.54 Å². The highest BCUT2D eigenvalue weighted by atomic mass is 15.1. The first-order valence-electron chi connectivity index (χ1n) is 6.48. The molecule has 1 fully saturated rings. The number of nitrogens with zero attached hydrogens (tertiary/aromatic N) is 1. The highest BCUT2D eigenvalue weighted by Crippen LogP contribution is 2.10. The third kappa shape index (κ3) is 3.80. The van der Waals surface area contributed by atoms with Crippen LogP contribution in [0.1, 0.15) is 24.0 Å². The van der Waals surface area contributed by atoms with E-state index in [0.29, 0.717) is 12.6 Å². The van der Waals surface area contributed by atoms with Crippen LogP contribution in [0.15, 0.2) is 24.3 Å². The van der Waals surface area contributed by atoms with Gasteiger partial charge in [0.2, 0.25) is 0 Å². The van der Waals surface area contributed by atoms with Gasteiger partial charge in [-0.3, -0.25) is 0 Å². The number of nitrogens with two attached hydrogens (primary N) is 1. The first-order chi connectivity index (χ1) is 8.28. The Morgan fingerprint density at radius 1 is 1.18 bits per heavy atom. The molecule has 1 saturated heterocycles. The Balaban J connectivity index is 1.77. The van der Waals surface area contributed by atoms with Gasteiger partial charge in [-0.1, -0.05) is 24.3 Å².